The van der Waals surface area contributed by atoms with Crippen LogP contribution in [0.4, 0.5) is 5.69 Å². The van der Waals surface area contributed by atoms with E-state index in [1.807, 2.05) is 85.8 Å². The number of aromatic nitrogens is 2. The molecule has 2 heterocycles. The largest absolute Gasteiger partial charge is 0.369 e. The molecule has 1 aliphatic heterocycles. The SMILES string of the molecule is Cc1ccccc1-c1nn(-c2ccccc2)cc1C(=O)Nc1ccc(CN2CCCC(C(N)=O)C2)cc1. The first-order valence-electron chi connectivity index (χ1n) is 12.6. The number of para-hydroxylation sites is 1. The molecule has 4 aromatic rings. The van der Waals surface area contributed by atoms with Crippen LogP contribution in [0.1, 0.15) is 34.3 Å². The summed E-state index contributed by atoms with van der Waals surface area (Å²) in [5.41, 5.74) is 11.4. The Kier molecular flexibility index (Phi) is 7.14. The number of aryl methyl sites for hydroxylation is 1. The van der Waals surface area contributed by atoms with Gasteiger partial charge in [-0.2, -0.15) is 5.10 Å². The number of carbonyl (C=O) groups excluding carboxylic acids is 2. The summed E-state index contributed by atoms with van der Waals surface area (Å²) in [4.78, 5) is 27.3. The molecule has 1 saturated heterocycles. The van der Waals surface area contributed by atoms with Crippen LogP contribution in [0.5, 0.6) is 0 Å². The highest BCUT2D eigenvalue weighted by atomic mass is 16.2. The van der Waals surface area contributed by atoms with E-state index in [2.05, 4.69) is 10.2 Å². The van der Waals surface area contributed by atoms with Crippen LogP contribution in [-0.4, -0.2) is 39.6 Å². The summed E-state index contributed by atoms with van der Waals surface area (Å²) < 4.78 is 1.75. The number of nitrogens with zero attached hydrogens (tertiary/aromatic N) is 3. The van der Waals surface area contributed by atoms with Gasteiger partial charge >= 0.3 is 0 Å². The first-order chi connectivity index (χ1) is 18.0. The van der Waals surface area contributed by atoms with Gasteiger partial charge in [-0.25, -0.2) is 4.68 Å². The molecule has 0 radical (unpaired) electrons. The molecule has 7 nitrogen and oxygen atoms in total. The molecular weight excluding hydrogens is 462 g/mol. The third-order valence-electron chi connectivity index (χ3n) is 6.91. The highest BCUT2D eigenvalue weighted by molar-refractivity contribution is 6.08. The minimum Gasteiger partial charge on any atom is -0.369 e. The molecule has 0 bridgehead atoms. The molecule has 1 aromatic heterocycles. The molecule has 1 atom stereocenters. The van der Waals surface area contributed by atoms with Crippen LogP contribution in [0.25, 0.3) is 16.9 Å². The first kappa shape index (κ1) is 24.5. The summed E-state index contributed by atoms with van der Waals surface area (Å²) in [6, 6.07) is 25.6. The maximum atomic E-state index is 13.4. The second-order valence-corrected chi connectivity index (χ2v) is 9.61. The number of piperidine rings is 1. The van der Waals surface area contributed by atoms with Gasteiger partial charge in [0.15, 0.2) is 0 Å². The minimum atomic E-state index is -0.219. The lowest BCUT2D eigenvalue weighted by Gasteiger charge is -2.31. The Morgan fingerprint density at radius 1 is 1.00 bits per heavy atom. The number of primary amides is 1. The molecule has 0 aliphatic carbocycles. The summed E-state index contributed by atoms with van der Waals surface area (Å²) in [5, 5.41) is 7.83. The number of amides is 2. The van der Waals surface area contributed by atoms with Crippen LogP contribution >= 0.6 is 0 Å². The summed E-state index contributed by atoms with van der Waals surface area (Å²) in [6.07, 6.45) is 3.62. The van der Waals surface area contributed by atoms with Gasteiger partial charge in [0.25, 0.3) is 5.91 Å². The van der Waals surface area contributed by atoms with E-state index in [1.54, 1.807) is 10.9 Å². The van der Waals surface area contributed by atoms with Gasteiger partial charge in [-0.15, -0.1) is 0 Å². The number of carbonyl (C=O) groups is 2. The molecule has 5 rings (SSSR count). The smallest absolute Gasteiger partial charge is 0.259 e. The molecule has 188 valence electrons. The molecular formula is C30H31N5O2. The van der Waals surface area contributed by atoms with Crippen molar-refractivity contribution in [2.75, 3.05) is 18.4 Å². The number of nitrogens with two attached hydrogens (primary N) is 1. The van der Waals surface area contributed by atoms with E-state index >= 15 is 0 Å². The molecule has 37 heavy (non-hydrogen) atoms. The quantitative estimate of drug-likeness (QED) is 0.387. The number of benzene rings is 3. The van der Waals surface area contributed by atoms with Gasteiger partial charge in [0, 0.05) is 30.5 Å². The average Bonchev–Trinajstić information content (AvgIpc) is 3.36. The van der Waals surface area contributed by atoms with Crippen molar-refractivity contribution < 1.29 is 9.59 Å². The molecule has 3 N–H and O–H groups in total. The number of likely N-dealkylation sites (tertiary alicyclic amines) is 1. The highest BCUT2D eigenvalue weighted by Gasteiger charge is 2.24. The summed E-state index contributed by atoms with van der Waals surface area (Å²) in [6.45, 7) is 4.42. The lowest BCUT2D eigenvalue weighted by molar-refractivity contribution is -0.123. The Morgan fingerprint density at radius 2 is 1.73 bits per heavy atom. The van der Waals surface area contributed by atoms with Crippen LogP contribution in [0, 0.1) is 12.8 Å². The molecule has 1 aliphatic rings. The van der Waals surface area contributed by atoms with Crippen molar-refractivity contribution in [2.45, 2.75) is 26.3 Å². The minimum absolute atomic E-state index is 0.0773. The van der Waals surface area contributed by atoms with E-state index in [-0.39, 0.29) is 17.7 Å². The van der Waals surface area contributed by atoms with E-state index in [0.717, 1.165) is 48.3 Å². The Labute approximate surface area is 216 Å². The van der Waals surface area contributed by atoms with Gasteiger partial charge < -0.3 is 11.1 Å². The van der Waals surface area contributed by atoms with E-state index in [0.29, 0.717) is 23.5 Å². The van der Waals surface area contributed by atoms with Crippen molar-refractivity contribution in [2.24, 2.45) is 11.7 Å². The lowest BCUT2D eigenvalue weighted by Crippen LogP contribution is -2.40. The predicted molar refractivity (Wildman–Crippen MR) is 145 cm³/mol. The molecule has 2 amide bonds. The molecule has 7 heteroatoms. The van der Waals surface area contributed by atoms with Gasteiger partial charge in [-0.1, -0.05) is 54.6 Å². The molecule has 1 fully saturated rings. The van der Waals surface area contributed by atoms with Crippen LogP contribution in [-0.2, 0) is 11.3 Å². The Morgan fingerprint density at radius 3 is 2.46 bits per heavy atom. The zero-order valence-corrected chi connectivity index (χ0v) is 20.9. The monoisotopic (exact) mass is 493 g/mol. The first-order valence-corrected chi connectivity index (χ1v) is 12.6. The summed E-state index contributed by atoms with van der Waals surface area (Å²) in [7, 11) is 0. The summed E-state index contributed by atoms with van der Waals surface area (Å²) in [5.74, 6) is -0.511. The fourth-order valence-electron chi connectivity index (χ4n) is 4.87. The second kappa shape index (κ2) is 10.8. The van der Waals surface area contributed by atoms with E-state index < -0.39 is 0 Å². The fourth-order valence-corrected chi connectivity index (χ4v) is 4.87. The Balaban J connectivity index is 1.35. The van der Waals surface area contributed by atoms with Gasteiger partial charge in [-0.05, 0) is 61.7 Å². The third-order valence-corrected chi connectivity index (χ3v) is 6.91. The molecule has 3 aromatic carbocycles. The van der Waals surface area contributed by atoms with Crippen LogP contribution in [0.15, 0.2) is 85.1 Å². The second-order valence-electron chi connectivity index (χ2n) is 9.61. The predicted octanol–water partition coefficient (Wildman–Crippen LogP) is 4.80. The fraction of sp³-hybridized carbons (Fsp3) is 0.233. The Bertz CT molecular complexity index is 1400. The number of nitrogens with one attached hydrogen (secondary N) is 1. The third kappa shape index (κ3) is 5.62. The number of hydrogen-bond acceptors (Lipinski definition) is 4. The van der Waals surface area contributed by atoms with E-state index in [9.17, 15) is 9.59 Å². The highest BCUT2D eigenvalue weighted by Crippen LogP contribution is 2.27. The number of hydrogen-bond donors (Lipinski definition) is 2. The van der Waals surface area contributed by atoms with Gasteiger partial charge in [0.1, 0.15) is 5.69 Å². The normalized spacial score (nSPS) is 15.9. The van der Waals surface area contributed by atoms with Gasteiger partial charge in [0.05, 0.1) is 17.2 Å². The van der Waals surface area contributed by atoms with Crippen molar-refractivity contribution >= 4 is 17.5 Å². The summed E-state index contributed by atoms with van der Waals surface area (Å²) >= 11 is 0. The van der Waals surface area contributed by atoms with Crippen molar-refractivity contribution in [1.82, 2.24) is 14.7 Å². The van der Waals surface area contributed by atoms with Crippen LogP contribution in [0.2, 0.25) is 0 Å². The van der Waals surface area contributed by atoms with Crippen LogP contribution < -0.4 is 11.1 Å². The molecule has 1 unspecified atom stereocenters. The zero-order valence-electron chi connectivity index (χ0n) is 20.9. The number of anilines is 1. The van der Waals surface area contributed by atoms with Gasteiger partial charge in [0.2, 0.25) is 5.91 Å². The maximum absolute atomic E-state index is 13.4. The number of rotatable bonds is 7. The van der Waals surface area contributed by atoms with Crippen molar-refractivity contribution in [3.63, 3.8) is 0 Å². The standard InChI is InChI=1S/C30H31N5O2/c1-21-8-5-6-12-26(21)28-27(20-35(33-28)25-10-3-2-4-11-25)30(37)32-24-15-13-22(14-16-24)18-34-17-7-9-23(19-34)29(31)36/h2-6,8,10-16,20,23H,7,9,17-19H2,1H3,(H2,31,36)(H,32,37). The van der Waals surface area contributed by atoms with E-state index in [1.165, 1.54) is 0 Å². The Hall–Kier alpha value is -4.23. The maximum Gasteiger partial charge on any atom is 0.259 e. The zero-order chi connectivity index (χ0) is 25.8. The van der Waals surface area contributed by atoms with Crippen LogP contribution in [0.3, 0.4) is 0 Å². The lowest BCUT2D eigenvalue weighted by atomic mass is 9.97. The van der Waals surface area contributed by atoms with Crippen molar-refractivity contribution in [3.8, 4) is 16.9 Å². The molecule has 0 spiro atoms. The topological polar surface area (TPSA) is 93.2 Å². The molecule has 0 saturated carbocycles. The van der Waals surface area contributed by atoms with Gasteiger partial charge in [-0.3, -0.25) is 14.5 Å². The van der Waals surface area contributed by atoms with E-state index in [4.69, 9.17) is 10.8 Å². The average molecular weight is 494 g/mol. The van der Waals surface area contributed by atoms with Crippen molar-refractivity contribution in [3.05, 3.63) is 102 Å². The van der Waals surface area contributed by atoms with Crippen molar-refractivity contribution in [1.29, 1.82) is 0 Å².